The second-order valence-corrected chi connectivity index (χ2v) is 10.6. The van der Waals surface area contributed by atoms with E-state index in [0.717, 1.165) is 38.3 Å². The molecule has 0 aliphatic carbocycles. The van der Waals surface area contributed by atoms with Gasteiger partial charge in [0.1, 0.15) is 0 Å². The summed E-state index contributed by atoms with van der Waals surface area (Å²) in [6.45, 7) is 16.8. The molecule has 4 aromatic rings. The van der Waals surface area contributed by atoms with Crippen LogP contribution < -0.4 is 0 Å². The zero-order chi connectivity index (χ0) is 28.5. The van der Waals surface area contributed by atoms with E-state index in [0.29, 0.717) is 0 Å². The Morgan fingerprint density at radius 3 is 1.49 bits per heavy atom. The molecular weight excluding hydrogens is 524 g/mol. The van der Waals surface area contributed by atoms with E-state index in [1.807, 2.05) is 74.5 Å². The molecule has 0 N–H and O–H groups in total. The van der Waals surface area contributed by atoms with Gasteiger partial charge >= 0.3 is 91.8 Å². The van der Waals surface area contributed by atoms with Crippen LogP contribution in [-0.2, 0) is 15.6 Å². The molecule has 2 nitrogen and oxygen atoms in total. The van der Waals surface area contributed by atoms with Gasteiger partial charge in [0, 0.05) is 5.71 Å². The van der Waals surface area contributed by atoms with E-state index in [1.54, 1.807) is 0 Å². The van der Waals surface area contributed by atoms with Crippen molar-refractivity contribution in [2.75, 3.05) is 0 Å². The first-order valence-electron chi connectivity index (χ1n) is 13.3. The summed E-state index contributed by atoms with van der Waals surface area (Å²) in [5.41, 5.74) is 13.7. The van der Waals surface area contributed by atoms with Gasteiger partial charge in [-0.3, -0.25) is 4.99 Å². The van der Waals surface area contributed by atoms with Crippen LogP contribution >= 0.6 is 0 Å². The second kappa shape index (κ2) is 14.0. The Morgan fingerprint density at radius 2 is 1.05 bits per heavy atom. The molecule has 4 rings (SSSR count). The van der Waals surface area contributed by atoms with Crippen LogP contribution in [0.5, 0.6) is 0 Å². The molecule has 0 atom stereocenters. The third-order valence-electron chi connectivity index (χ3n) is 6.28. The topological polar surface area (TPSA) is 26.5 Å². The number of rotatable bonds is 6. The van der Waals surface area contributed by atoms with Crippen molar-refractivity contribution in [3.63, 3.8) is 0 Å². The molecule has 0 heterocycles. The van der Waals surface area contributed by atoms with Crippen molar-refractivity contribution in [2.45, 2.75) is 55.4 Å². The molecule has 0 fully saturated rings. The zero-order valence-electron chi connectivity index (χ0n) is 24.4. The Labute approximate surface area is 243 Å². The molecule has 0 saturated carbocycles. The Balaban J connectivity index is 0.000000252. The van der Waals surface area contributed by atoms with Crippen molar-refractivity contribution in [2.24, 2.45) is 4.99 Å². The fourth-order valence-electron chi connectivity index (χ4n) is 4.73. The van der Waals surface area contributed by atoms with Crippen molar-refractivity contribution >= 4 is 21.5 Å². The normalized spacial score (nSPS) is 11.5. The Hall–Kier alpha value is -3.52. The Bertz CT molecular complexity index is 1410. The summed E-state index contributed by atoms with van der Waals surface area (Å²) < 4.78 is 0.888. The predicted octanol–water partition coefficient (Wildman–Crippen LogP) is 10.0. The Morgan fingerprint density at radius 1 is 0.641 bits per heavy atom. The average molecular weight is 563 g/mol. The maximum absolute atomic E-state index is 5.55. The van der Waals surface area contributed by atoms with Crippen LogP contribution in [0.1, 0.15) is 58.4 Å². The average Bonchev–Trinajstić information content (AvgIpc) is 2.89. The van der Waals surface area contributed by atoms with Crippen LogP contribution in [0, 0.1) is 41.5 Å². The molecule has 0 aliphatic rings. The molecule has 0 aromatic heterocycles. The summed E-state index contributed by atoms with van der Waals surface area (Å²) in [6, 6.07) is 28.8. The number of hydrogen-bond donors (Lipinski definition) is 0. The summed E-state index contributed by atoms with van der Waals surface area (Å²) in [5.74, 6) is 0. The standard InChI is InChI=1S/C23H29N2.C13H10.Cu/c1-14-9-16(3)22(17(4)10-14)24-20(7)13-21(8)25-23-18(5)11-15(2)12-19(23)6;1-3-7-12(8-4-1)11-13-9-5-2-6-10-13;/h9-13H,1-8H3;1-10H;/q-1;;/b20-13-,25-21?;;. The molecule has 205 valence electrons. The van der Waals surface area contributed by atoms with Crippen molar-refractivity contribution in [1.29, 1.82) is 0 Å². The molecule has 0 amide bonds. The van der Waals surface area contributed by atoms with Gasteiger partial charge in [-0.05, 0) is 59.6 Å². The van der Waals surface area contributed by atoms with E-state index in [1.165, 1.54) is 33.4 Å². The number of benzene rings is 4. The molecule has 39 heavy (non-hydrogen) atoms. The van der Waals surface area contributed by atoms with Crippen LogP contribution in [0.25, 0.3) is 5.32 Å². The van der Waals surface area contributed by atoms with Gasteiger partial charge in [0.05, 0.1) is 5.69 Å². The number of nitrogens with zero attached hydrogens (tertiary/aromatic N) is 2. The predicted molar refractivity (Wildman–Crippen MR) is 167 cm³/mol. The zero-order valence-corrected chi connectivity index (χ0v) is 25.3. The molecule has 4 aromatic carbocycles. The quantitative estimate of drug-likeness (QED) is 0.165. The first kappa shape index (κ1) is 30.0. The summed E-state index contributed by atoms with van der Waals surface area (Å²) in [5, 5.41) is 4.82. The monoisotopic (exact) mass is 562 g/mol. The van der Waals surface area contributed by atoms with Crippen molar-refractivity contribution in [3.8, 4) is 0 Å². The van der Waals surface area contributed by atoms with E-state index in [9.17, 15) is 0 Å². The molecule has 0 aliphatic heterocycles. The van der Waals surface area contributed by atoms with Gasteiger partial charge in [0.15, 0.2) is 0 Å². The van der Waals surface area contributed by atoms with E-state index in [-0.39, 0.29) is 0 Å². The van der Waals surface area contributed by atoms with Crippen LogP contribution in [0.15, 0.2) is 102 Å². The van der Waals surface area contributed by atoms with Crippen LogP contribution in [0.3, 0.4) is 0 Å². The summed E-state index contributed by atoms with van der Waals surface area (Å²) >= 11 is 5.55. The van der Waals surface area contributed by atoms with Gasteiger partial charge in [-0.2, -0.15) is 5.70 Å². The van der Waals surface area contributed by atoms with Crippen LogP contribution in [0.2, 0.25) is 0 Å². The first-order valence-corrected chi connectivity index (χ1v) is 13.7. The third kappa shape index (κ3) is 8.75. The van der Waals surface area contributed by atoms with Gasteiger partial charge in [-0.15, -0.1) is 5.69 Å². The number of hydrogen-bond acceptors (Lipinski definition) is 1. The molecule has 0 bridgehead atoms. The van der Waals surface area contributed by atoms with Crippen molar-refractivity contribution in [3.05, 3.63) is 147 Å². The van der Waals surface area contributed by atoms with E-state index in [2.05, 4.69) is 71.9 Å². The summed E-state index contributed by atoms with van der Waals surface area (Å²) in [6.07, 6.45) is 2.05. The third-order valence-corrected chi connectivity index (χ3v) is 6.82. The number of allylic oxidation sites excluding steroid dienone is 2. The van der Waals surface area contributed by atoms with Gasteiger partial charge in [0.25, 0.3) is 0 Å². The first-order chi connectivity index (χ1) is 18.5. The molecule has 0 saturated heterocycles. The van der Waals surface area contributed by atoms with E-state index >= 15 is 0 Å². The number of aliphatic imine (C=N–C) groups is 1. The van der Waals surface area contributed by atoms with Crippen molar-refractivity contribution < 1.29 is 15.6 Å². The molecule has 0 radical (unpaired) electrons. The van der Waals surface area contributed by atoms with Gasteiger partial charge in [-0.1, -0.05) is 59.5 Å². The molecule has 0 unspecified atom stereocenters. The second-order valence-electron chi connectivity index (χ2n) is 10.2. The van der Waals surface area contributed by atoms with E-state index in [4.69, 9.17) is 25.9 Å². The summed E-state index contributed by atoms with van der Waals surface area (Å²) in [4.78, 5) is 4.82. The van der Waals surface area contributed by atoms with Crippen LogP contribution in [0.4, 0.5) is 11.4 Å². The minimum atomic E-state index is 0.888. The number of aryl methyl sites for hydroxylation is 6. The summed E-state index contributed by atoms with van der Waals surface area (Å²) in [7, 11) is 0. The van der Waals surface area contributed by atoms with Gasteiger partial charge in [-0.25, -0.2) is 0 Å². The fourth-order valence-corrected chi connectivity index (χ4v) is 5.04. The molecular formula is C36H39CuN2-. The fraction of sp³-hybridized carbons (Fsp3) is 0.222. The molecule has 0 spiro atoms. The SMILES string of the molecule is CC(/C=C(/C)[N-]c1c(C)cc(C)cc1C)=Nc1c(C)cc(C)cc1C.[Cu]=[C](c1ccccc1)c1ccccc1. The van der Waals surface area contributed by atoms with Crippen LogP contribution in [-0.4, -0.2) is 10.1 Å². The van der Waals surface area contributed by atoms with Gasteiger partial charge < -0.3 is 5.32 Å². The van der Waals surface area contributed by atoms with Crippen molar-refractivity contribution in [1.82, 2.24) is 0 Å². The molecule has 3 heteroatoms. The minimum absolute atomic E-state index is 0.888. The Kier molecular flexibility index (Phi) is 10.8. The van der Waals surface area contributed by atoms with Gasteiger partial charge in [0.2, 0.25) is 0 Å². The van der Waals surface area contributed by atoms with E-state index < -0.39 is 0 Å². The maximum atomic E-state index is 5.55.